The van der Waals surface area contributed by atoms with Gasteiger partial charge in [-0.3, -0.25) is 9.58 Å². The maximum absolute atomic E-state index is 12.1. The molecule has 0 saturated carbocycles. The van der Waals surface area contributed by atoms with Crippen LogP contribution in [-0.2, 0) is 6.54 Å². The van der Waals surface area contributed by atoms with Gasteiger partial charge in [0.15, 0.2) is 0 Å². The second-order valence-corrected chi connectivity index (χ2v) is 6.80. The Morgan fingerprint density at radius 1 is 1.32 bits per heavy atom. The number of aryl methyl sites for hydroxylation is 2. The third-order valence-corrected chi connectivity index (χ3v) is 4.15. The van der Waals surface area contributed by atoms with Crippen molar-refractivity contribution in [3.63, 3.8) is 0 Å². The number of hydrogen-bond donors (Lipinski definition) is 2. The van der Waals surface area contributed by atoms with E-state index in [0.717, 1.165) is 23.7 Å². The minimum Gasteiger partial charge on any atom is -0.468 e. The van der Waals surface area contributed by atoms with Crippen LogP contribution in [-0.4, -0.2) is 47.9 Å². The zero-order valence-electron chi connectivity index (χ0n) is 15.7. The number of amides is 2. The van der Waals surface area contributed by atoms with Crippen LogP contribution in [0.2, 0.25) is 0 Å². The maximum atomic E-state index is 12.1. The molecular formula is C18H29N5O2. The van der Waals surface area contributed by atoms with Gasteiger partial charge < -0.3 is 15.1 Å². The molecule has 7 heteroatoms. The van der Waals surface area contributed by atoms with E-state index >= 15 is 0 Å². The smallest absolute Gasteiger partial charge is 0.314 e. The standard InChI is InChI=1S/C18H29N5O2/c1-13(12-23-15(3)9-14(2)21-23)10-19-18(24)20-11-16(22(4)5)17-7-6-8-25-17/h6-9,13,16H,10-12H2,1-5H3,(H2,19,20,24)/t13-,16+/m0/s1. The second kappa shape index (κ2) is 8.71. The van der Waals surface area contributed by atoms with Crippen molar-refractivity contribution in [2.24, 2.45) is 5.92 Å². The van der Waals surface area contributed by atoms with Crippen LogP contribution in [0.4, 0.5) is 4.79 Å². The molecule has 0 bridgehead atoms. The SMILES string of the molecule is Cc1cc(C)n(C[C@@H](C)CNC(=O)NC[C@H](c2ccco2)N(C)C)n1. The largest absolute Gasteiger partial charge is 0.468 e. The number of nitrogens with one attached hydrogen (secondary N) is 2. The lowest BCUT2D eigenvalue weighted by molar-refractivity contribution is 0.223. The Hall–Kier alpha value is -2.28. The number of likely N-dealkylation sites (N-methyl/N-ethyl adjacent to an activating group) is 1. The van der Waals surface area contributed by atoms with E-state index in [4.69, 9.17) is 4.42 Å². The van der Waals surface area contributed by atoms with Gasteiger partial charge in [0.2, 0.25) is 0 Å². The second-order valence-electron chi connectivity index (χ2n) is 6.80. The summed E-state index contributed by atoms with van der Waals surface area (Å²) >= 11 is 0. The summed E-state index contributed by atoms with van der Waals surface area (Å²) in [7, 11) is 3.92. The van der Waals surface area contributed by atoms with E-state index in [9.17, 15) is 4.79 Å². The lowest BCUT2D eigenvalue weighted by atomic mass is 10.2. The Morgan fingerprint density at radius 2 is 2.04 bits per heavy atom. The Morgan fingerprint density at radius 3 is 2.60 bits per heavy atom. The first-order chi connectivity index (χ1) is 11.9. The van der Waals surface area contributed by atoms with Gasteiger partial charge in [-0.15, -0.1) is 0 Å². The molecule has 0 radical (unpaired) electrons. The number of aromatic nitrogens is 2. The Labute approximate surface area is 149 Å². The Bertz CT molecular complexity index is 663. The molecule has 0 aliphatic carbocycles. The Kier molecular flexibility index (Phi) is 6.64. The summed E-state index contributed by atoms with van der Waals surface area (Å²) in [5, 5.41) is 10.3. The van der Waals surface area contributed by atoms with Crippen molar-refractivity contribution < 1.29 is 9.21 Å². The molecule has 0 unspecified atom stereocenters. The summed E-state index contributed by atoms with van der Waals surface area (Å²) < 4.78 is 7.43. The molecule has 0 aliphatic heterocycles. The van der Waals surface area contributed by atoms with Gasteiger partial charge in [-0.25, -0.2) is 4.79 Å². The number of nitrogens with zero attached hydrogens (tertiary/aromatic N) is 3. The summed E-state index contributed by atoms with van der Waals surface area (Å²) in [4.78, 5) is 14.1. The molecule has 2 heterocycles. The van der Waals surface area contributed by atoms with E-state index in [0.29, 0.717) is 19.0 Å². The first kappa shape index (κ1) is 19.1. The lowest BCUT2D eigenvalue weighted by Gasteiger charge is -2.23. The minimum absolute atomic E-state index is 0.00729. The van der Waals surface area contributed by atoms with Crippen LogP contribution in [0.3, 0.4) is 0 Å². The van der Waals surface area contributed by atoms with Crippen LogP contribution in [0.1, 0.15) is 30.1 Å². The first-order valence-corrected chi connectivity index (χ1v) is 8.59. The van der Waals surface area contributed by atoms with Crippen molar-refractivity contribution in [2.45, 2.75) is 33.4 Å². The molecule has 2 aromatic rings. The van der Waals surface area contributed by atoms with Gasteiger partial charge in [0.25, 0.3) is 0 Å². The van der Waals surface area contributed by atoms with Crippen molar-refractivity contribution in [2.75, 3.05) is 27.2 Å². The average Bonchev–Trinajstić information content (AvgIpc) is 3.15. The third kappa shape index (κ3) is 5.63. The molecular weight excluding hydrogens is 318 g/mol. The van der Waals surface area contributed by atoms with Crippen molar-refractivity contribution in [1.82, 2.24) is 25.3 Å². The third-order valence-electron chi connectivity index (χ3n) is 4.15. The molecule has 0 aliphatic rings. The molecule has 0 aromatic carbocycles. The molecule has 2 N–H and O–H groups in total. The summed E-state index contributed by atoms with van der Waals surface area (Å²) in [6.07, 6.45) is 1.65. The van der Waals surface area contributed by atoms with Crippen LogP contribution < -0.4 is 10.6 Å². The fraction of sp³-hybridized carbons (Fsp3) is 0.556. The molecule has 7 nitrogen and oxygen atoms in total. The lowest BCUT2D eigenvalue weighted by Crippen LogP contribution is -2.42. The normalized spacial score (nSPS) is 13.7. The van der Waals surface area contributed by atoms with Crippen molar-refractivity contribution >= 4 is 6.03 Å². The number of carbonyl (C=O) groups is 1. The van der Waals surface area contributed by atoms with Crippen LogP contribution >= 0.6 is 0 Å². The number of hydrogen-bond acceptors (Lipinski definition) is 4. The fourth-order valence-electron chi connectivity index (χ4n) is 2.76. The monoisotopic (exact) mass is 347 g/mol. The summed E-state index contributed by atoms with van der Waals surface area (Å²) in [5.41, 5.74) is 2.16. The highest BCUT2D eigenvalue weighted by molar-refractivity contribution is 5.73. The van der Waals surface area contributed by atoms with E-state index in [1.54, 1.807) is 6.26 Å². The van der Waals surface area contributed by atoms with Crippen LogP contribution in [0.15, 0.2) is 28.9 Å². The quantitative estimate of drug-likeness (QED) is 0.768. The molecule has 2 rings (SSSR count). The highest BCUT2D eigenvalue weighted by atomic mass is 16.3. The van der Waals surface area contributed by atoms with Crippen LogP contribution in [0.25, 0.3) is 0 Å². The van der Waals surface area contributed by atoms with Gasteiger partial charge in [-0.05, 0) is 52.1 Å². The Balaban J connectivity index is 1.75. The van der Waals surface area contributed by atoms with E-state index in [1.165, 1.54) is 0 Å². The minimum atomic E-state index is -0.168. The van der Waals surface area contributed by atoms with Gasteiger partial charge in [-0.2, -0.15) is 5.10 Å². The summed E-state index contributed by atoms with van der Waals surface area (Å²) in [5.74, 6) is 1.13. The topological polar surface area (TPSA) is 75.3 Å². The molecule has 0 fully saturated rings. The molecule has 2 amide bonds. The molecule has 25 heavy (non-hydrogen) atoms. The molecule has 0 spiro atoms. The predicted molar refractivity (Wildman–Crippen MR) is 97.4 cm³/mol. The maximum Gasteiger partial charge on any atom is 0.314 e. The number of rotatable bonds is 8. The van der Waals surface area contributed by atoms with Crippen LogP contribution in [0, 0.1) is 19.8 Å². The van der Waals surface area contributed by atoms with Crippen molar-refractivity contribution in [3.8, 4) is 0 Å². The van der Waals surface area contributed by atoms with Crippen molar-refractivity contribution in [3.05, 3.63) is 41.6 Å². The average molecular weight is 347 g/mol. The molecule has 2 aromatic heterocycles. The van der Waals surface area contributed by atoms with E-state index in [-0.39, 0.29) is 12.1 Å². The van der Waals surface area contributed by atoms with Gasteiger partial charge >= 0.3 is 6.03 Å². The number of carbonyl (C=O) groups excluding carboxylic acids is 1. The van der Waals surface area contributed by atoms with Gasteiger partial charge in [-0.1, -0.05) is 6.92 Å². The van der Waals surface area contributed by atoms with E-state index < -0.39 is 0 Å². The summed E-state index contributed by atoms with van der Waals surface area (Å²) in [6, 6.07) is 5.67. The van der Waals surface area contributed by atoms with Gasteiger partial charge in [0, 0.05) is 25.3 Å². The first-order valence-electron chi connectivity index (χ1n) is 8.59. The molecule has 138 valence electrons. The zero-order valence-corrected chi connectivity index (χ0v) is 15.7. The van der Waals surface area contributed by atoms with Gasteiger partial charge in [0.05, 0.1) is 18.0 Å². The number of furan rings is 1. The predicted octanol–water partition coefficient (Wildman–Crippen LogP) is 2.33. The zero-order chi connectivity index (χ0) is 18.4. The van der Waals surface area contributed by atoms with E-state index in [1.807, 2.05) is 49.7 Å². The molecule has 2 atom stereocenters. The van der Waals surface area contributed by atoms with Crippen molar-refractivity contribution in [1.29, 1.82) is 0 Å². The number of urea groups is 1. The summed E-state index contributed by atoms with van der Waals surface area (Å²) in [6.45, 7) is 7.99. The highest BCUT2D eigenvalue weighted by Gasteiger charge is 2.18. The van der Waals surface area contributed by atoms with Gasteiger partial charge in [0.1, 0.15) is 5.76 Å². The van der Waals surface area contributed by atoms with Crippen LogP contribution in [0.5, 0.6) is 0 Å². The fourth-order valence-corrected chi connectivity index (χ4v) is 2.76. The molecule has 0 saturated heterocycles. The highest BCUT2D eigenvalue weighted by Crippen LogP contribution is 2.17. The van der Waals surface area contributed by atoms with E-state index in [2.05, 4.69) is 28.7 Å².